The Morgan fingerprint density at radius 3 is 2.84 bits per heavy atom. The minimum Gasteiger partial charge on any atom is -0.466 e. The van der Waals surface area contributed by atoms with Gasteiger partial charge in [0, 0.05) is 12.1 Å². The van der Waals surface area contributed by atoms with Crippen LogP contribution >= 0.6 is 0 Å². The van der Waals surface area contributed by atoms with Crippen molar-refractivity contribution >= 4 is 17.0 Å². The zero-order chi connectivity index (χ0) is 13.8. The maximum absolute atomic E-state index is 11.5. The molecule has 0 unspecified atom stereocenters. The fourth-order valence-corrected chi connectivity index (χ4v) is 2.13. The second-order valence-corrected chi connectivity index (χ2v) is 4.33. The van der Waals surface area contributed by atoms with Crippen molar-refractivity contribution in [3.05, 3.63) is 41.7 Å². The Labute approximate surface area is 112 Å². The molecule has 0 fully saturated rings. The first kappa shape index (κ1) is 13.3. The molecule has 0 amide bonds. The lowest BCUT2D eigenvalue weighted by atomic mass is 10.2. The van der Waals surface area contributed by atoms with E-state index in [1.807, 2.05) is 44.2 Å². The number of fused-ring (bicyclic) bond motifs is 1. The molecular formula is C15H18N2O2. The molecule has 1 aromatic heterocycles. The van der Waals surface area contributed by atoms with Crippen molar-refractivity contribution in [2.45, 2.75) is 26.8 Å². The number of aromatic nitrogens is 2. The standard InChI is InChI=1S/C15H18N2O2/c1-4-12(15(18)19-3)9-10-17-11(2)16-13-7-5-6-8-14(13)17/h5-9H,4,10H2,1-3H3. The van der Waals surface area contributed by atoms with Gasteiger partial charge in [-0.05, 0) is 25.5 Å². The first-order valence-corrected chi connectivity index (χ1v) is 6.36. The van der Waals surface area contributed by atoms with Crippen LogP contribution in [0.15, 0.2) is 35.9 Å². The van der Waals surface area contributed by atoms with Gasteiger partial charge in [-0.25, -0.2) is 9.78 Å². The molecule has 0 spiro atoms. The van der Waals surface area contributed by atoms with Gasteiger partial charge in [0.25, 0.3) is 0 Å². The van der Waals surface area contributed by atoms with E-state index >= 15 is 0 Å². The first-order valence-electron chi connectivity index (χ1n) is 6.36. The van der Waals surface area contributed by atoms with Crippen LogP contribution in [0.2, 0.25) is 0 Å². The topological polar surface area (TPSA) is 44.1 Å². The van der Waals surface area contributed by atoms with E-state index in [4.69, 9.17) is 4.74 Å². The molecule has 0 radical (unpaired) electrons. The van der Waals surface area contributed by atoms with Crippen molar-refractivity contribution in [2.24, 2.45) is 0 Å². The number of aryl methyl sites for hydroxylation is 1. The second kappa shape index (κ2) is 5.69. The minimum atomic E-state index is -0.260. The summed E-state index contributed by atoms with van der Waals surface area (Å²) in [5.74, 6) is 0.683. The molecule has 19 heavy (non-hydrogen) atoms. The van der Waals surface area contributed by atoms with Crippen LogP contribution in [0, 0.1) is 6.92 Å². The summed E-state index contributed by atoms with van der Waals surface area (Å²) in [5.41, 5.74) is 2.75. The van der Waals surface area contributed by atoms with Gasteiger partial charge >= 0.3 is 5.97 Å². The normalized spacial score (nSPS) is 11.8. The highest BCUT2D eigenvalue weighted by Gasteiger charge is 2.09. The Bertz CT molecular complexity index is 626. The van der Waals surface area contributed by atoms with Gasteiger partial charge in [0.05, 0.1) is 18.1 Å². The number of imidazole rings is 1. The Balaban J connectivity index is 2.33. The number of benzene rings is 1. The molecule has 100 valence electrons. The highest BCUT2D eigenvalue weighted by atomic mass is 16.5. The van der Waals surface area contributed by atoms with E-state index in [9.17, 15) is 4.79 Å². The van der Waals surface area contributed by atoms with Crippen LogP contribution < -0.4 is 0 Å². The minimum absolute atomic E-state index is 0.260. The van der Waals surface area contributed by atoms with Gasteiger partial charge < -0.3 is 9.30 Å². The molecule has 0 aliphatic heterocycles. The smallest absolute Gasteiger partial charge is 0.333 e. The SMILES string of the molecule is CCC(=CCn1c(C)nc2ccccc21)C(=O)OC. The van der Waals surface area contributed by atoms with Gasteiger partial charge in [0.2, 0.25) is 0 Å². The maximum Gasteiger partial charge on any atom is 0.333 e. The van der Waals surface area contributed by atoms with Crippen molar-refractivity contribution < 1.29 is 9.53 Å². The number of nitrogens with zero attached hydrogens (tertiary/aromatic N) is 2. The van der Waals surface area contributed by atoms with Crippen LogP contribution in [-0.2, 0) is 16.1 Å². The average molecular weight is 258 g/mol. The quantitative estimate of drug-likeness (QED) is 0.625. The van der Waals surface area contributed by atoms with Gasteiger partial charge in [-0.3, -0.25) is 0 Å². The summed E-state index contributed by atoms with van der Waals surface area (Å²) in [6.07, 6.45) is 2.57. The van der Waals surface area contributed by atoms with Crippen LogP contribution in [0.3, 0.4) is 0 Å². The summed E-state index contributed by atoms with van der Waals surface area (Å²) in [6.45, 7) is 4.55. The third-order valence-electron chi connectivity index (χ3n) is 3.19. The zero-order valence-corrected chi connectivity index (χ0v) is 11.5. The Kier molecular flexibility index (Phi) is 4.00. The largest absolute Gasteiger partial charge is 0.466 e. The molecule has 0 atom stereocenters. The third-order valence-corrected chi connectivity index (χ3v) is 3.19. The summed E-state index contributed by atoms with van der Waals surface area (Å²) in [4.78, 5) is 16.0. The molecule has 0 bridgehead atoms. The van der Waals surface area contributed by atoms with Gasteiger partial charge in [0.15, 0.2) is 0 Å². The van der Waals surface area contributed by atoms with Gasteiger partial charge in [-0.15, -0.1) is 0 Å². The molecule has 0 N–H and O–H groups in total. The molecule has 2 rings (SSSR count). The number of ether oxygens (including phenoxy) is 1. The van der Waals surface area contributed by atoms with E-state index in [2.05, 4.69) is 9.55 Å². The summed E-state index contributed by atoms with van der Waals surface area (Å²) < 4.78 is 6.85. The van der Waals surface area contributed by atoms with Crippen molar-refractivity contribution in [3.8, 4) is 0 Å². The van der Waals surface area contributed by atoms with Crippen LogP contribution in [-0.4, -0.2) is 22.6 Å². The van der Waals surface area contributed by atoms with E-state index in [0.29, 0.717) is 18.5 Å². The number of methoxy groups -OCH3 is 1. The summed E-state index contributed by atoms with van der Waals surface area (Å²) in [5, 5.41) is 0. The number of rotatable bonds is 4. The van der Waals surface area contributed by atoms with Crippen LogP contribution in [0.4, 0.5) is 0 Å². The Morgan fingerprint density at radius 2 is 2.16 bits per heavy atom. The van der Waals surface area contributed by atoms with Gasteiger partial charge in [-0.2, -0.15) is 0 Å². The fourth-order valence-electron chi connectivity index (χ4n) is 2.13. The van der Waals surface area contributed by atoms with E-state index in [1.165, 1.54) is 7.11 Å². The number of esters is 1. The predicted octanol–water partition coefficient (Wildman–Crippen LogP) is 2.85. The van der Waals surface area contributed by atoms with Crippen molar-refractivity contribution in [3.63, 3.8) is 0 Å². The molecule has 0 aliphatic rings. The molecule has 4 heteroatoms. The highest BCUT2D eigenvalue weighted by molar-refractivity contribution is 5.88. The number of carbonyl (C=O) groups is 1. The number of allylic oxidation sites excluding steroid dienone is 1. The molecule has 0 saturated carbocycles. The second-order valence-electron chi connectivity index (χ2n) is 4.33. The van der Waals surface area contributed by atoms with Crippen molar-refractivity contribution in [1.29, 1.82) is 0 Å². The molecule has 1 heterocycles. The number of carbonyl (C=O) groups excluding carboxylic acids is 1. The number of hydrogen-bond acceptors (Lipinski definition) is 3. The average Bonchev–Trinajstić information content (AvgIpc) is 2.75. The molecule has 0 saturated heterocycles. The lowest BCUT2D eigenvalue weighted by molar-refractivity contribution is -0.136. The van der Waals surface area contributed by atoms with E-state index in [1.54, 1.807) is 0 Å². The summed E-state index contributed by atoms with van der Waals surface area (Å²) in [7, 11) is 1.41. The summed E-state index contributed by atoms with van der Waals surface area (Å²) >= 11 is 0. The number of hydrogen-bond donors (Lipinski definition) is 0. The van der Waals surface area contributed by atoms with Gasteiger partial charge in [0.1, 0.15) is 5.82 Å². The van der Waals surface area contributed by atoms with Gasteiger partial charge in [-0.1, -0.05) is 25.1 Å². The van der Waals surface area contributed by atoms with E-state index in [0.717, 1.165) is 16.9 Å². The van der Waals surface area contributed by atoms with Crippen LogP contribution in [0.1, 0.15) is 19.2 Å². The van der Waals surface area contributed by atoms with Crippen LogP contribution in [0.25, 0.3) is 11.0 Å². The fraction of sp³-hybridized carbons (Fsp3) is 0.333. The van der Waals surface area contributed by atoms with Crippen LogP contribution in [0.5, 0.6) is 0 Å². The monoisotopic (exact) mass is 258 g/mol. The molecule has 1 aromatic carbocycles. The third kappa shape index (κ3) is 2.67. The maximum atomic E-state index is 11.5. The predicted molar refractivity (Wildman–Crippen MR) is 74.9 cm³/mol. The molecular weight excluding hydrogens is 240 g/mol. The Hall–Kier alpha value is -2.10. The number of para-hydroxylation sites is 2. The highest BCUT2D eigenvalue weighted by Crippen LogP contribution is 2.16. The molecule has 2 aromatic rings. The Morgan fingerprint density at radius 1 is 1.42 bits per heavy atom. The van der Waals surface area contributed by atoms with Crippen molar-refractivity contribution in [1.82, 2.24) is 9.55 Å². The zero-order valence-electron chi connectivity index (χ0n) is 11.5. The first-order chi connectivity index (χ1) is 9.17. The lowest BCUT2D eigenvalue weighted by Crippen LogP contribution is -2.06. The summed E-state index contributed by atoms with van der Waals surface area (Å²) in [6, 6.07) is 7.99. The van der Waals surface area contributed by atoms with Crippen molar-refractivity contribution in [2.75, 3.05) is 7.11 Å². The molecule has 4 nitrogen and oxygen atoms in total. The van der Waals surface area contributed by atoms with E-state index in [-0.39, 0.29) is 5.97 Å². The van der Waals surface area contributed by atoms with E-state index < -0.39 is 0 Å². The molecule has 0 aliphatic carbocycles. The lowest BCUT2D eigenvalue weighted by Gasteiger charge is -2.05.